The Morgan fingerprint density at radius 2 is 2.09 bits per heavy atom. The fraction of sp³-hybridized carbons (Fsp3) is 0.350. The highest BCUT2D eigenvalue weighted by Gasteiger charge is 2.55. The molecule has 1 aromatic rings. The number of halogens is 1. The number of terminal acetylenes is 1. The third-order valence-electron chi connectivity index (χ3n) is 5.72. The molecule has 1 N–H and O–H groups in total. The number of rotatable bonds is 1. The van der Waals surface area contributed by atoms with Gasteiger partial charge in [0.15, 0.2) is 0 Å². The van der Waals surface area contributed by atoms with Crippen molar-refractivity contribution in [3.63, 3.8) is 0 Å². The second kappa shape index (κ2) is 4.66. The largest absolute Gasteiger partial charge is 0.377 e. The Morgan fingerprint density at radius 3 is 2.78 bits per heavy atom. The van der Waals surface area contributed by atoms with Crippen LogP contribution in [0.4, 0.5) is 4.39 Å². The molecule has 1 saturated carbocycles. The van der Waals surface area contributed by atoms with E-state index >= 15 is 0 Å². The number of benzene rings is 1. The van der Waals surface area contributed by atoms with Gasteiger partial charge < -0.3 is 5.11 Å². The predicted octanol–water partition coefficient (Wildman–Crippen LogP) is 3.74. The zero-order valence-corrected chi connectivity index (χ0v) is 13.0. The van der Waals surface area contributed by atoms with Gasteiger partial charge in [0.25, 0.3) is 0 Å². The summed E-state index contributed by atoms with van der Waals surface area (Å²) >= 11 is 0. The lowest BCUT2D eigenvalue weighted by Crippen LogP contribution is -2.42. The fourth-order valence-electron chi connectivity index (χ4n) is 4.15. The smallest absolute Gasteiger partial charge is 0.134 e. The first-order valence-corrected chi connectivity index (χ1v) is 7.90. The minimum Gasteiger partial charge on any atom is -0.377 e. The van der Waals surface area contributed by atoms with Crippen molar-refractivity contribution in [1.29, 1.82) is 0 Å². The van der Waals surface area contributed by atoms with E-state index < -0.39 is 11.0 Å². The van der Waals surface area contributed by atoms with Gasteiger partial charge in [-0.1, -0.05) is 36.6 Å². The Balaban J connectivity index is 1.74. The molecule has 2 aliphatic carbocycles. The Kier molecular flexibility index (Phi) is 2.92. The number of nitrogens with zero attached hydrogens (tertiary/aromatic N) is 1. The monoisotopic (exact) mass is 307 g/mol. The number of hydrogen-bond acceptors (Lipinski definition) is 2. The summed E-state index contributed by atoms with van der Waals surface area (Å²) < 4.78 is 13.1. The number of fused-ring (bicyclic) bond motifs is 1. The van der Waals surface area contributed by atoms with Crippen molar-refractivity contribution < 1.29 is 9.50 Å². The molecule has 0 saturated heterocycles. The van der Waals surface area contributed by atoms with Crippen LogP contribution >= 0.6 is 0 Å². The van der Waals surface area contributed by atoms with E-state index in [2.05, 4.69) is 23.9 Å². The van der Waals surface area contributed by atoms with Gasteiger partial charge in [0.05, 0.1) is 0 Å². The minimum absolute atomic E-state index is 0.0813. The molecule has 1 aromatic carbocycles. The number of hydrogen-bond donors (Lipinski definition) is 1. The normalized spacial score (nSPS) is 34.9. The van der Waals surface area contributed by atoms with E-state index in [4.69, 9.17) is 6.42 Å². The third-order valence-corrected chi connectivity index (χ3v) is 5.72. The van der Waals surface area contributed by atoms with Gasteiger partial charge in [0.1, 0.15) is 17.5 Å². The van der Waals surface area contributed by atoms with Gasteiger partial charge in [0.2, 0.25) is 0 Å². The van der Waals surface area contributed by atoms with Crippen LogP contribution in [0.3, 0.4) is 0 Å². The van der Waals surface area contributed by atoms with Crippen LogP contribution in [0.15, 0.2) is 52.1 Å². The maximum atomic E-state index is 13.1. The van der Waals surface area contributed by atoms with Crippen molar-refractivity contribution in [2.75, 3.05) is 0 Å². The highest BCUT2D eigenvalue weighted by Crippen LogP contribution is 2.57. The number of aliphatic imine (C=N–C) groups is 1. The lowest BCUT2D eigenvalue weighted by molar-refractivity contribution is 0.0158. The first kappa shape index (κ1) is 14.4. The van der Waals surface area contributed by atoms with Gasteiger partial charge in [0, 0.05) is 11.6 Å². The summed E-state index contributed by atoms with van der Waals surface area (Å²) in [5.41, 5.74) is 2.97. The van der Waals surface area contributed by atoms with Crippen molar-refractivity contribution in [2.24, 2.45) is 10.4 Å². The summed E-state index contributed by atoms with van der Waals surface area (Å²) in [7, 11) is 0. The minimum atomic E-state index is -1.08. The lowest BCUT2D eigenvalue weighted by Gasteiger charge is -2.39. The molecule has 0 aromatic heterocycles. The number of allylic oxidation sites excluding steroid dienone is 1. The van der Waals surface area contributed by atoms with Crippen LogP contribution < -0.4 is 0 Å². The summed E-state index contributed by atoms with van der Waals surface area (Å²) in [6.45, 7) is 2.05. The van der Waals surface area contributed by atoms with Crippen molar-refractivity contribution in [1.82, 2.24) is 0 Å². The van der Waals surface area contributed by atoms with E-state index in [0.29, 0.717) is 12.8 Å². The molecule has 0 bridgehead atoms. The van der Waals surface area contributed by atoms with E-state index in [-0.39, 0.29) is 11.9 Å². The summed E-state index contributed by atoms with van der Waals surface area (Å²) in [6.07, 6.45) is 11.8. The first-order valence-electron chi connectivity index (χ1n) is 7.90. The van der Waals surface area contributed by atoms with Crippen molar-refractivity contribution in [3.05, 3.63) is 58.4 Å². The molecule has 0 spiro atoms. The first-order chi connectivity index (χ1) is 11.0. The quantitative estimate of drug-likeness (QED) is 0.788. The van der Waals surface area contributed by atoms with E-state index in [1.165, 1.54) is 17.7 Å². The molecule has 0 radical (unpaired) electrons. The highest BCUT2D eigenvalue weighted by atomic mass is 19.1. The summed E-state index contributed by atoms with van der Waals surface area (Å²) in [6, 6.07) is 6.42. The van der Waals surface area contributed by atoms with Crippen LogP contribution in [0.2, 0.25) is 0 Å². The standard InChI is InChI=1S/C20H18FNO/c1-3-20(23)9-8-15-10-17-14(11-19(15,20)2)12-22-18(17)13-4-6-16(21)7-5-13/h1,4-7,10,12,18,23H,8-9,11H2,2H3/t18?,19?,20-/m0/s1. The van der Waals surface area contributed by atoms with Gasteiger partial charge in [-0.2, -0.15) is 0 Å². The molecule has 0 amide bonds. The zero-order valence-electron chi connectivity index (χ0n) is 13.0. The van der Waals surface area contributed by atoms with Crippen LogP contribution in [0.1, 0.15) is 37.8 Å². The SMILES string of the molecule is C#C[C@]1(O)CCC2=CC3=C(C=NC3c3ccc(F)cc3)CC21C. The van der Waals surface area contributed by atoms with E-state index in [1.807, 2.05) is 6.21 Å². The maximum absolute atomic E-state index is 13.1. The van der Waals surface area contributed by atoms with Crippen molar-refractivity contribution >= 4 is 6.21 Å². The summed E-state index contributed by atoms with van der Waals surface area (Å²) in [4.78, 5) is 4.61. The van der Waals surface area contributed by atoms with Gasteiger partial charge in [-0.05, 0) is 48.1 Å². The summed E-state index contributed by atoms with van der Waals surface area (Å²) in [5.74, 6) is 2.37. The molecule has 2 nitrogen and oxygen atoms in total. The second-order valence-electron chi connectivity index (χ2n) is 6.90. The summed E-state index contributed by atoms with van der Waals surface area (Å²) in [5, 5.41) is 10.8. The highest BCUT2D eigenvalue weighted by molar-refractivity contribution is 5.86. The predicted molar refractivity (Wildman–Crippen MR) is 88.5 cm³/mol. The molecule has 3 heteroatoms. The third kappa shape index (κ3) is 1.88. The van der Waals surface area contributed by atoms with Crippen molar-refractivity contribution in [2.45, 2.75) is 37.8 Å². The average molecular weight is 307 g/mol. The molecule has 116 valence electrons. The zero-order chi connectivity index (χ0) is 16.2. The Bertz CT molecular complexity index is 811. The van der Waals surface area contributed by atoms with Gasteiger partial charge >= 0.3 is 0 Å². The molecule has 1 aliphatic heterocycles. The Hall–Kier alpha value is -2.18. The van der Waals surface area contributed by atoms with E-state index in [0.717, 1.165) is 23.1 Å². The Morgan fingerprint density at radius 1 is 1.35 bits per heavy atom. The molecule has 2 unspecified atom stereocenters. The van der Waals surface area contributed by atoms with Crippen LogP contribution in [0.25, 0.3) is 0 Å². The lowest BCUT2D eigenvalue weighted by atomic mass is 9.66. The average Bonchev–Trinajstić information content (AvgIpc) is 3.05. The molecule has 3 atom stereocenters. The molecule has 23 heavy (non-hydrogen) atoms. The molecular formula is C20H18FNO. The van der Waals surface area contributed by atoms with Crippen LogP contribution in [0.5, 0.6) is 0 Å². The van der Waals surface area contributed by atoms with E-state index in [1.54, 1.807) is 12.1 Å². The van der Waals surface area contributed by atoms with E-state index in [9.17, 15) is 9.50 Å². The molecule has 1 heterocycles. The van der Waals surface area contributed by atoms with Gasteiger partial charge in [-0.3, -0.25) is 4.99 Å². The fourth-order valence-corrected chi connectivity index (χ4v) is 4.15. The topological polar surface area (TPSA) is 32.6 Å². The van der Waals surface area contributed by atoms with Gasteiger partial charge in [-0.15, -0.1) is 6.42 Å². The molecule has 3 aliphatic rings. The van der Waals surface area contributed by atoms with Crippen LogP contribution in [0, 0.1) is 23.6 Å². The maximum Gasteiger partial charge on any atom is 0.134 e. The molecule has 4 rings (SSSR count). The number of aliphatic hydroxyl groups is 1. The van der Waals surface area contributed by atoms with Crippen molar-refractivity contribution in [3.8, 4) is 12.3 Å². The van der Waals surface area contributed by atoms with Crippen LogP contribution in [-0.2, 0) is 0 Å². The second-order valence-corrected chi connectivity index (χ2v) is 6.90. The Labute approximate surface area is 135 Å². The van der Waals surface area contributed by atoms with Crippen LogP contribution in [-0.4, -0.2) is 16.9 Å². The molecule has 1 fully saturated rings. The van der Waals surface area contributed by atoms with Gasteiger partial charge in [-0.25, -0.2) is 4.39 Å². The molecular weight excluding hydrogens is 289 g/mol.